The molecule has 0 aliphatic rings. The van der Waals surface area contributed by atoms with Gasteiger partial charge >= 0.3 is 0 Å². The zero-order valence-electron chi connectivity index (χ0n) is 12.3. The van der Waals surface area contributed by atoms with Gasteiger partial charge in [-0.05, 0) is 0 Å². The number of aliphatic hydroxyl groups is 1. The Bertz CT molecular complexity index is 767. The highest BCUT2D eigenvalue weighted by Crippen LogP contribution is 2.08. The van der Waals surface area contributed by atoms with Crippen LogP contribution in [0.4, 0.5) is 5.95 Å². The molecule has 2 heterocycles. The summed E-state index contributed by atoms with van der Waals surface area (Å²) in [5.41, 5.74) is -0.241. The molecule has 0 fully saturated rings. The molecule has 2 amide bonds. The summed E-state index contributed by atoms with van der Waals surface area (Å²) < 4.78 is 6.60. The van der Waals surface area contributed by atoms with Gasteiger partial charge in [0.25, 0.3) is 5.56 Å². The average Bonchev–Trinajstić information content (AvgIpc) is 2.91. The minimum atomic E-state index is -0.616. The number of aliphatic hydroxyl groups excluding tert-OH is 1. The number of carbonyl (C=O) groups excluding carboxylic acids is 2. The third-order valence-electron chi connectivity index (χ3n) is 2.80. The van der Waals surface area contributed by atoms with E-state index in [9.17, 15) is 14.4 Å². The van der Waals surface area contributed by atoms with Gasteiger partial charge in [0.05, 0.1) is 19.5 Å². The highest BCUT2D eigenvalue weighted by atomic mass is 16.5. The summed E-state index contributed by atoms with van der Waals surface area (Å²) >= 11 is 0. The Balaban J connectivity index is 2.21. The number of ether oxygens (including phenoxy) is 1. The van der Waals surface area contributed by atoms with Crippen LogP contribution in [0.15, 0.2) is 11.1 Å². The molecule has 0 aliphatic heterocycles. The molecule has 0 saturated heterocycles. The van der Waals surface area contributed by atoms with Crippen LogP contribution >= 0.6 is 0 Å². The summed E-state index contributed by atoms with van der Waals surface area (Å²) in [6.07, 6.45) is 0.970. The molecule has 2 aromatic heterocycles. The lowest BCUT2D eigenvalue weighted by Crippen LogP contribution is -2.26. The lowest BCUT2D eigenvalue weighted by atomic mass is 10.4. The van der Waals surface area contributed by atoms with Crippen molar-refractivity contribution in [2.45, 2.75) is 13.2 Å². The fourth-order valence-electron chi connectivity index (χ4n) is 1.75. The first-order chi connectivity index (χ1) is 11.0. The SMILES string of the molecule is CNC(=O)CC(=O)Nc1nc2c(ncn2COCCO)c(=O)[nH]1. The summed E-state index contributed by atoms with van der Waals surface area (Å²) in [6.45, 7) is 0.0270. The zero-order chi connectivity index (χ0) is 16.8. The molecule has 0 saturated carbocycles. The largest absolute Gasteiger partial charge is 0.394 e. The Hall–Kier alpha value is -2.79. The minimum Gasteiger partial charge on any atom is -0.394 e. The second-order valence-corrected chi connectivity index (χ2v) is 4.46. The number of hydrogen-bond donors (Lipinski definition) is 4. The van der Waals surface area contributed by atoms with E-state index in [1.54, 1.807) is 0 Å². The predicted octanol–water partition coefficient (Wildman–Crippen LogP) is -1.84. The molecule has 2 rings (SSSR count). The van der Waals surface area contributed by atoms with Gasteiger partial charge in [-0.15, -0.1) is 0 Å². The van der Waals surface area contributed by atoms with E-state index in [0.717, 1.165) is 0 Å². The maximum atomic E-state index is 11.9. The molecule has 124 valence electrons. The highest BCUT2D eigenvalue weighted by Gasteiger charge is 2.13. The Morgan fingerprint density at radius 3 is 2.91 bits per heavy atom. The Kier molecular flexibility index (Phi) is 5.38. The Morgan fingerprint density at radius 2 is 2.22 bits per heavy atom. The second kappa shape index (κ2) is 7.47. The molecule has 0 aromatic carbocycles. The Morgan fingerprint density at radius 1 is 1.43 bits per heavy atom. The topological polar surface area (TPSA) is 151 Å². The van der Waals surface area contributed by atoms with Gasteiger partial charge in [-0.1, -0.05) is 0 Å². The number of fused-ring (bicyclic) bond motifs is 1. The predicted molar refractivity (Wildman–Crippen MR) is 78.5 cm³/mol. The van der Waals surface area contributed by atoms with Gasteiger partial charge in [0.1, 0.15) is 13.2 Å². The smallest absolute Gasteiger partial charge is 0.280 e. The number of anilines is 1. The number of nitrogens with zero attached hydrogens (tertiary/aromatic N) is 3. The van der Waals surface area contributed by atoms with Crippen LogP contribution in [0.25, 0.3) is 11.2 Å². The van der Waals surface area contributed by atoms with Gasteiger partial charge in [0.15, 0.2) is 11.2 Å². The van der Waals surface area contributed by atoms with Crippen LogP contribution < -0.4 is 16.2 Å². The van der Waals surface area contributed by atoms with Crippen molar-refractivity contribution in [3.63, 3.8) is 0 Å². The van der Waals surface area contributed by atoms with Crippen LogP contribution in [0.1, 0.15) is 6.42 Å². The summed E-state index contributed by atoms with van der Waals surface area (Å²) in [4.78, 5) is 45.1. The summed E-state index contributed by atoms with van der Waals surface area (Å²) in [5.74, 6) is -1.18. The van der Waals surface area contributed by atoms with Crippen molar-refractivity contribution in [2.24, 2.45) is 0 Å². The zero-order valence-corrected chi connectivity index (χ0v) is 12.3. The van der Waals surface area contributed by atoms with E-state index < -0.39 is 23.8 Å². The van der Waals surface area contributed by atoms with E-state index in [-0.39, 0.29) is 37.1 Å². The lowest BCUT2D eigenvalue weighted by molar-refractivity contribution is -0.126. The fourth-order valence-corrected chi connectivity index (χ4v) is 1.75. The van der Waals surface area contributed by atoms with Crippen LogP contribution in [0, 0.1) is 0 Å². The summed E-state index contributed by atoms with van der Waals surface area (Å²) in [5, 5.41) is 13.3. The van der Waals surface area contributed by atoms with Gasteiger partial charge < -0.3 is 15.2 Å². The van der Waals surface area contributed by atoms with Crippen LogP contribution in [0.5, 0.6) is 0 Å². The highest BCUT2D eigenvalue weighted by molar-refractivity contribution is 6.02. The van der Waals surface area contributed by atoms with Gasteiger partial charge in [-0.25, -0.2) is 4.98 Å². The van der Waals surface area contributed by atoms with Gasteiger partial charge in [-0.2, -0.15) is 4.98 Å². The van der Waals surface area contributed by atoms with Crippen molar-refractivity contribution in [3.8, 4) is 0 Å². The minimum absolute atomic E-state index is 0.0408. The van der Waals surface area contributed by atoms with E-state index in [4.69, 9.17) is 9.84 Å². The molecule has 0 bridgehead atoms. The standard InChI is InChI=1S/C12H16N6O5/c1-13-7(20)4-8(21)15-12-16-10-9(11(22)17-12)14-5-18(10)6-23-3-2-19/h5,19H,2-4,6H2,1H3,(H,13,20)(H2,15,16,17,21,22). The van der Waals surface area contributed by atoms with Crippen LogP contribution in [-0.2, 0) is 21.1 Å². The van der Waals surface area contributed by atoms with E-state index >= 15 is 0 Å². The first kappa shape index (κ1) is 16.6. The molecular formula is C12H16N6O5. The Labute approximate surface area is 129 Å². The van der Waals surface area contributed by atoms with E-state index in [0.29, 0.717) is 0 Å². The quantitative estimate of drug-likeness (QED) is 0.345. The number of amides is 2. The first-order valence-corrected chi connectivity index (χ1v) is 6.69. The summed E-state index contributed by atoms with van der Waals surface area (Å²) in [7, 11) is 1.41. The van der Waals surface area contributed by atoms with Crippen LogP contribution in [0.2, 0.25) is 0 Å². The molecule has 0 atom stereocenters. The van der Waals surface area contributed by atoms with E-state index in [1.165, 1.54) is 17.9 Å². The maximum Gasteiger partial charge on any atom is 0.280 e. The lowest BCUT2D eigenvalue weighted by Gasteiger charge is -2.06. The molecule has 11 nitrogen and oxygen atoms in total. The maximum absolute atomic E-state index is 11.9. The molecule has 4 N–H and O–H groups in total. The fraction of sp³-hybridized carbons (Fsp3) is 0.417. The number of rotatable bonds is 7. The van der Waals surface area contributed by atoms with E-state index in [1.807, 2.05) is 0 Å². The van der Waals surface area contributed by atoms with Crippen molar-refractivity contribution in [1.82, 2.24) is 24.8 Å². The second-order valence-electron chi connectivity index (χ2n) is 4.46. The van der Waals surface area contributed by atoms with Crippen LogP contribution in [-0.4, -0.2) is 56.7 Å². The number of aromatic amines is 1. The summed E-state index contributed by atoms with van der Waals surface area (Å²) in [6, 6.07) is 0. The van der Waals surface area contributed by atoms with E-state index in [2.05, 4.69) is 25.6 Å². The first-order valence-electron chi connectivity index (χ1n) is 6.69. The third kappa shape index (κ3) is 4.11. The molecule has 23 heavy (non-hydrogen) atoms. The monoisotopic (exact) mass is 324 g/mol. The molecule has 0 unspecified atom stereocenters. The van der Waals surface area contributed by atoms with Crippen molar-refractivity contribution in [2.75, 3.05) is 25.6 Å². The van der Waals surface area contributed by atoms with Crippen molar-refractivity contribution >= 4 is 28.9 Å². The molecule has 0 aliphatic carbocycles. The molecule has 2 aromatic rings. The van der Waals surface area contributed by atoms with Crippen molar-refractivity contribution in [1.29, 1.82) is 0 Å². The van der Waals surface area contributed by atoms with Gasteiger partial charge in [-0.3, -0.25) is 29.3 Å². The number of aromatic nitrogens is 4. The third-order valence-corrected chi connectivity index (χ3v) is 2.80. The van der Waals surface area contributed by atoms with Crippen molar-refractivity contribution in [3.05, 3.63) is 16.7 Å². The number of nitrogens with one attached hydrogen (secondary N) is 3. The number of H-pyrrole nitrogens is 1. The number of imidazole rings is 1. The van der Waals surface area contributed by atoms with Crippen molar-refractivity contribution < 1.29 is 19.4 Å². The average molecular weight is 324 g/mol. The number of carbonyl (C=O) groups is 2. The van der Waals surface area contributed by atoms with Crippen LogP contribution in [0.3, 0.4) is 0 Å². The molecule has 0 radical (unpaired) electrons. The molecule has 0 spiro atoms. The normalized spacial score (nSPS) is 10.7. The van der Waals surface area contributed by atoms with Gasteiger partial charge in [0, 0.05) is 7.05 Å². The molecule has 11 heteroatoms. The van der Waals surface area contributed by atoms with Gasteiger partial charge in [0.2, 0.25) is 17.8 Å². The number of hydrogen-bond acceptors (Lipinski definition) is 7. The molecular weight excluding hydrogens is 308 g/mol.